The molecule has 1 aliphatic rings. The van der Waals surface area contributed by atoms with Gasteiger partial charge in [0.1, 0.15) is 0 Å². The van der Waals surface area contributed by atoms with Gasteiger partial charge >= 0.3 is 0 Å². The van der Waals surface area contributed by atoms with E-state index in [4.69, 9.17) is 0 Å². The van der Waals surface area contributed by atoms with Crippen molar-refractivity contribution in [3.63, 3.8) is 0 Å². The number of hydrogen-bond donors (Lipinski definition) is 1. The molecule has 3 heterocycles. The highest BCUT2D eigenvalue weighted by Gasteiger charge is 2.17. The van der Waals surface area contributed by atoms with Gasteiger partial charge in [0.25, 0.3) is 0 Å². The van der Waals surface area contributed by atoms with Crippen LogP contribution in [-0.2, 0) is 19.5 Å². The van der Waals surface area contributed by atoms with Crippen molar-refractivity contribution in [2.75, 3.05) is 18.0 Å². The summed E-state index contributed by atoms with van der Waals surface area (Å²) in [5, 5.41) is 5.53. The van der Waals surface area contributed by atoms with Gasteiger partial charge in [0.2, 0.25) is 0 Å². The molecule has 0 fully saturated rings. The summed E-state index contributed by atoms with van der Waals surface area (Å²) in [5.41, 5.74) is 3.90. The molecule has 0 atom stereocenters. The first-order chi connectivity index (χ1) is 9.36. The van der Waals surface area contributed by atoms with Gasteiger partial charge in [0, 0.05) is 36.4 Å². The van der Waals surface area contributed by atoms with Crippen LogP contribution in [0.25, 0.3) is 0 Å². The lowest BCUT2D eigenvalue weighted by atomic mass is 10.1. The molecule has 4 heteroatoms. The monoisotopic (exact) mass is 273 g/mol. The van der Waals surface area contributed by atoms with Gasteiger partial charge < -0.3 is 10.2 Å². The van der Waals surface area contributed by atoms with E-state index in [0.29, 0.717) is 0 Å². The topological polar surface area (TPSA) is 28.2 Å². The molecule has 2 aromatic heterocycles. The highest BCUT2D eigenvalue weighted by Crippen LogP contribution is 2.27. The van der Waals surface area contributed by atoms with E-state index < -0.39 is 0 Å². The molecule has 2 aromatic rings. The molecule has 100 valence electrons. The Morgan fingerprint density at radius 3 is 3.26 bits per heavy atom. The molecular weight excluding hydrogens is 254 g/mol. The molecule has 1 aliphatic heterocycles. The van der Waals surface area contributed by atoms with Crippen molar-refractivity contribution in [1.82, 2.24) is 10.3 Å². The predicted molar refractivity (Wildman–Crippen MR) is 80.7 cm³/mol. The first kappa shape index (κ1) is 12.6. The number of nitrogens with zero attached hydrogens (tertiary/aromatic N) is 2. The van der Waals surface area contributed by atoms with Crippen LogP contribution in [0.2, 0.25) is 0 Å². The van der Waals surface area contributed by atoms with Crippen molar-refractivity contribution in [2.45, 2.75) is 26.4 Å². The van der Waals surface area contributed by atoms with E-state index in [-0.39, 0.29) is 0 Å². The van der Waals surface area contributed by atoms with Crippen LogP contribution >= 0.6 is 11.3 Å². The largest absolute Gasteiger partial charge is 0.367 e. The average Bonchev–Trinajstić information content (AvgIpc) is 2.92. The minimum atomic E-state index is 0.849. The fraction of sp³-hybridized carbons (Fsp3) is 0.400. The van der Waals surface area contributed by atoms with Crippen molar-refractivity contribution in [2.24, 2.45) is 0 Å². The van der Waals surface area contributed by atoms with Crippen molar-refractivity contribution in [3.05, 3.63) is 45.9 Å². The SMILES string of the molecule is CCNCc1cc(N2CCc3sccc3C2)ccn1. The fourth-order valence-electron chi connectivity index (χ4n) is 2.48. The molecule has 0 aromatic carbocycles. The third kappa shape index (κ3) is 2.80. The number of rotatable bonds is 4. The Kier molecular flexibility index (Phi) is 3.80. The minimum Gasteiger partial charge on any atom is -0.367 e. The first-order valence-electron chi connectivity index (χ1n) is 6.82. The summed E-state index contributed by atoms with van der Waals surface area (Å²) in [7, 11) is 0. The van der Waals surface area contributed by atoms with Gasteiger partial charge in [-0.2, -0.15) is 0 Å². The second kappa shape index (κ2) is 5.72. The van der Waals surface area contributed by atoms with E-state index in [1.165, 1.54) is 11.3 Å². The zero-order chi connectivity index (χ0) is 13.1. The molecule has 0 bridgehead atoms. The Balaban J connectivity index is 1.76. The molecule has 3 nitrogen and oxygen atoms in total. The molecule has 0 unspecified atom stereocenters. The van der Waals surface area contributed by atoms with Crippen molar-refractivity contribution in [3.8, 4) is 0 Å². The second-order valence-electron chi connectivity index (χ2n) is 4.83. The molecule has 0 radical (unpaired) electrons. The lowest BCUT2D eigenvalue weighted by Crippen LogP contribution is -2.29. The maximum Gasteiger partial charge on any atom is 0.0562 e. The number of pyridine rings is 1. The maximum atomic E-state index is 4.42. The quantitative estimate of drug-likeness (QED) is 0.928. The van der Waals surface area contributed by atoms with E-state index in [1.54, 1.807) is 4.88 Å². The lowest BCUT2D eigenvalue weighted by molar-refractivity contribution is 0.705. The van der Waals surface area contributed by atoms with Crippen molar-refractivity contribution in [1.29, 1.82) is 0 Å². The molecule has 0 aliphatic carbocycles. The number of thiophene rings is 1. The van der Waals surface area contributed by atoms with E-state index in [2.05, 4.69) is 45.7 Å². The van der Waals surface area contributed by atoms with Crippen LogP contribution in [0.5, 0.6) is 0 Å². The van der Waals surface area contributed by atoms with Crippen LogP contribution in [-0.4, -0.2) is 18.1 Å². The Bertz CT molecular complexity index is 550. The van der Waals surface area contributed by atoms with Gasteiger partial charge in [0.05, 0.1) is 5.69 Å². The highest BCUT2D eigenvalue weighted by molar-refractivity contribution is 7.10. The summed E-state index contributed by atoms with van der Waals surface area (Å²) in [4.78, 5) is 8.42. The normalized spacial score (nSPS) is 14.5. The number of anilines is 1. The molecule has 0 spiro atoms. The molecular formula is C15H19N3S. The average molecular weight is 273 g/mol. The van der Waals surface area contributed by atoms with E-state index in [9.17, 15) is 0 Å². The third-order valence-corrected chi connectivity index (χ3v) is 4.55. The zero-order valence-corrected chi connectivity index (χ0v) is 12.0. The van der Waals surface area contributed by atoms with Crippen molar-refractivity contribution < 1.29 is 0 Å². The van der Waals surface area contributed by atoms with Crippen LogP contribution in [0.3, 0.4) is 0 Å². The summed E-state index contributed by atoms with van der Waals surface area (Å²) in [5.74, 6) is 0. The summed E-state index contributed by atoms with van der Waals surface area (Å²) < 4.78 is 0. The van der Waals surface area contributed by atoms with Gasteiger partial charge in [-0.3, -0.25) is 4.98 Å². The van der Waals surface area contributed by atoms with Gasteiger partial charge in [-0.05, 0) is 42.1 Å². The Morgan fingerprint density at radius 2 is 2.37 bits per heavy atom. The van der Waals surface area contributed by atoms with Crippen LogP contribution < -0.4 is 10.2 Å². The fourth-order valence-corrected chi connectivity index (χ4v) is 3.37. The third-order valence-electron chi connectivity index (χ3n) is 3.53. The summed E-state index contributed by atoms with van der Waals surface area (Å²) in [6.07, 6.45) is 3.09. The number of nitrogens with one attached hydrogen (secondary N) is 1. The highest BCUT2D eigenvalue weighted by atomic mass is 32.1. The van der Waals surface area contributed by atoms with Crippen LogP contribution in [0.15, 0.2) is 29.8 Å². The minimum absolute atomic E-state index is 0.849. The van der Waals surface area contributed by atoms with Crippen LogP contribution in [0.4, 0.5) is 5.69 Å². The molecule has 1 N–H and O–H groups in total. The molecule has 3 rings (SSSR count). The predicted octanol–water partition coefficient (Wildman–Crippen LogP) is 2.82. The number of fused-ring (bicyclic) bond motifs is 1. The first-order valence-corrected chi connectivity index (χ1v) is 7.70. The Morgan fingerprint density at radius 1 is 1.42 bits per heavy atom. The summed E-state index contributed by atoms with van der Waals surface area (Å²) in [6.45, 7) is 6.09. The molecule has 19 heavy (non-hydrogen) atoms. The zero-order valence-electron chi connectivity index (χ0n) is 11.2. The summed E-state index contributed by atoms with van der Waals surface area (Å²) in [6, 6.07) is 6.58. The Labute approximate surface area is 118 Å². The van der Waals surface area contributed by atoms with Crippen molar-refractivity contribution >= 4 is 17.0 Å². The smallest absolute Gasteiger partial charge is 0.0562 e. The standard InChI is InChI=1S/C15H19N3S/c1-2-16-10-13-9-14(3-6-17-13)18-7-4-15-12(11-18)5-8-19-15/h3,5-6,8-9,16H,2,4,7,10-11H2,1H3. The number of hydrogen-bond acceptors (Lipinski definition) is 4. The lowest BCUT2D eigenvalue weighted by Gasteiger charge is -2.29. The Hall–Kier alpha value is -1.39. The van der Waals surface area contributed by atoms with Gasteiger partial charge in [-0.25, -0.2) is 0 Å². The van der Waals surface area contributed by atoms with Gasteiger partial charge in [-0.1, -0.05) is 6.92 Å². The second-order valence-corrected chi connectivity index (χ2v) is 5.83. The van der Waals surface area contributed by atoms with E-state index in [0.717, 1.165) is 38.3 Å². The van der Waals surface area contributed by atoms with Gasteiger partial charge in [0.15, 0.2) is 0 Å². The van der Waals surface area contributed by atoms with Gasteiger partial charge in [-0.15, -0.1) is 11.3 Å². The van der Waals surface area contributed by atoms with E-state index >= 15 is 0 Å². The molecule has 0 amide bonds. The molecule has 0 saturated heterocycles. The van der Waals surface area contributed by atoms with E-state index in [1.807, 2.05) is 17.5 Å². The van der Waals surface area contributed by atoms with Crippen LogP contribution in [0, 0.1) is 0 Å². The summed E-state index contributed by atoms with van der Waals surface area (Å²) >= 11 is 1.89. The maximum absolute atomic E-state index is 4.42. The van der Waals surface area contributed by atoms with Crippen LogP contribution in [0.1, 0.15) is 23.1 Å². The molecule has 0 saturated carbocycles. The number of aromatic nitrogens is 1.